The Balaban J connectivity index is 1.81. The van der Waals surface area contributed by atoms with E-state index >= 15 is 0 Å². The second kappa shape index (κ2) is 10.0. The van der Waals surface area contributed by atoms with Crippen molar-refractivity contribution in [2.24, 2.45) is 11.5 Å². The second-order valence-corrected chi connectivity index (χ2v) is 9.08. The third kappa shape index (κ3) is 5.89. The van der Waals surface area contributed by atoms with Gasteiger partial charge in [-0.2, -0.15) is 0 Å². The molecule has 2 aromatic carbocycles. The Bertz CT molecular complexity index is 1040. The van der Waals surface area contributed by atoms with Gasteiger partial charge in [-0.05, 0) is 0 Å². The predicted octanol–water partition coefficient (Wildman–Crippen LogP) is 0.242. The van der Waals surface area contributed by atoms with Gasteiger partial charge in [0.15, 0.2) is 0 Å². The Labute approximate surface area is 181 Å². The molecule has 1 heterocycles. The first-order valence-corrected chi connectivity index (χ1v) is 11.1. The number of para-hydroxylation sites is 1. The third-order valence-corrected chi connectivity index (χ3v) is 6.28. The van der Waals surface area contributed by atoms with E-state index in [2.05, 4.69) is 20.6 Å². The fourth-order valence-electron chi connectivity index (χ4n) is 2.53. The molecule has 0 aliphatic carbocycles. The molecule has 3 aromatic rings. The van der Waals surface area contributed by atoms with E-state index in [1.165, 1.54) is 6.20 Å². The Kier molecular flexibility index (Phi) is 7.16. The van der Waals surface area contributed by atoms with Gasteiger partial charge in [0.05, 0.1) is 0 Å². The summed E-state index contributed by atoms with van der Waals surface area (Å²) in [5.41, 5.74) is 12.8. The summed E-state index contributed by atoms with van der Waals surface area (Å²) in [6.45, 7) is 2.37. The summed E-state index contributed by atoms with van der Waals surface area (Å²) >= 11 is -0.700. The van der Waals surface area contributed by atoms with Crippen LogP contribution in [0, 0.1) is 0 Å². The van der Waals surface area contributed by atoms with Crippen LogP contribution in [0.1, 0.15) is 27.6 Å². The minimum atomic E-state index is -0.700. The maximum absolute atomic E-state index is 12.6. The van der Waals surface area contributed by atoms with Crippen molar-refractivity contribution in [3.05, 3.63) is 71.9 Å². The Morgan fingerprint density at radius 2 is 1.90 bits per heavy atom. The van der Waals surface area contributed by atoms with Crippen molar-refractivity contribution >= 4 is 48.0 Å². The van der Waals surface area contributed by atoms with Crippen LogP contribution in [0.3, 0.4) is 0 Å². The van der Waals surface area contributed by atoms with Gasteiger partial charge in [-0.1, -0.05) is 0 Å². The van der Waals surface area contributed by atoms with Crippen molar-refractivity contribution in [1.29, 1.82) is 0 Å². The molecule has 0 spiro atoms. The van der Waals surface area contributed by atoms with E-state index in [0.29, 0.717) is 22.5 Å². The molecule has 0 fully saturated rings. The molecule has 3 rings (SSSR count). The Morgan fingerprint density at radius 1 is 1.13 bits per heavy atom. The zero-order valence-corrected chi connectivity index (χ0v) is 18.2. The molecule has 1 unspecified atom stereocenters. The summed E-state index contributed by atoms with van der Waals surface area (Å²) in [7, 11) is 0. The van der Waals surface area contributed by atoms with E-state index in [4.69, 9.17) is 11.5 Å². The first-order chi connectivity index (χ1) is 14.4. The molecular formula is C21H22AsN6O2. The van der Waals surface area contributed by atoms with E-state index in [1.807, 2.05) is 49.4 Å². The normalized spacial score (nSPS) is 11.9. The van der Waals surface area contributed by atoms with Crippen LogP contribution in [0.2, 0.25) is 0 Å². The second-order valence-electron chi connectivity index (χ2n) is 6.64. The fraction of sp³-hybridized carbons (Fsp3) is 0.143. The number of carbonyl (C=O) groups excluding carboxylic acids is 2. The summed E-state index contributed by atoms with van der Waals surface area (Å²) in [5.74, 6) is -0.404. The van der Waals surface area contributed by atoms with Gasteiger partial charge >= 0.3 is 181 Å². The number of benzene rings is 2. The van der Waals surface area contributed by atoms with Crippen LogP contribution in [0.25, 0.3) is 0 Å². The predicted molar refractivity (Wildman–Crippen MR) is 119 cm³/mol. The molecule has 9 heteroatoms. The van der Waals surface area contributed by atoms with Crippen LogP contribution in [0.4, 0.5) is 11.6 Å². The summed E-state index contributed by atoms with van der Waals surface area (Å²) in [5, 5.41) is 5.91. The van der Waals surface area contributed by atoms with Gasteiger partial charge < -0.3 is 0 Å². The summed E-state index contributed by atoms with van der Waals surface area (Å²) in [6, 6.07) is 16.4. The van der Waals surface area contributed by atoms with Gasteiger partial charge in [0.1, 0.15) is 0 Å². The van der Waals surface area contributed by atoms with Crippen LogP contribution in [-0.2, 0) is 0 Å². The average Bonchev–Trinajstić information content (AvgIpc) is 2.73. The molecule has 1 aromatic heterocycles. The van der Waals surface area contributed by atoms with Crippen molar-refractivity contribution in [1.82, 2.24) is 9.97 Å². The monoisotopic (exact) mass is 465 g/mol. The van der Waals surface area contributed by atoms with Crippen molar-refractivity contribution in [3.8, 4) is 0 Å². The standard InChI is InChI=1S/C21H22AsN6O2/c1-13(23)11-25-21-26-12-17(19(24)29)18(28-21)22-15-7-5-6-14(10-15)20(30)27-16-8-3-2-4-9-16/h2-10,12-13H,11,23H2,1H3,(H2,24,29)(H,27,30)(H,25,26,28). The van der Waals surface area contributed by atoms with E-state index in [9.17, 15) is 9.59 Å². The average molecular weight is 465 g/mol. The van der Waals surface area contributed by atoms with Crippen molar-refractivity contribution in [2.75, 3.05) is 17.2 Å². The van der Waals surface area contributed by atoms with E-state index in [0.717, 1.165) is 10.0 Å². The van der Waals surface area contributed by atoms with E-state index in [1.54, 1.807) is 12.1 Å². The van der Waals surface area contributed by atoms with Crippen LogP contribution in [-0.4, -0.2) is 50.1 Å². The van der Waals surface area contributed by atoms with Crippen molar-refractivity contribution in [3.63, 3.8) is 0 Å². The van der Waals surface area contributed by atoms with Crippen molar-refractivity contribution < 1.29 is 9.59 Å². The molecule has 0 bridgehead atoms. The molecule has 2 amide bonds. The number of anilines is 2. The quantitative estimate of drug-likeness (QED) is 0.352. The number of nitrogens with zero attached hydrogens (tertiary/aromatic N) is 2. The fourth-order valence-corrected chi connectivity index (χ4v) is 4.72. The van der Waals surface area contributed by atoms with E-state index < -0.39 is 21.7 Å². The molecule has 0 saturated heterocycles. The van der Waals surface area contributed by atoms with Crippen LogP contribution < -0.4 is 30.9 Å². The number of rotatable bonds is 8. The number of primary amides is 1. The molecule has 30 heavy (non-hydrogen) atoms. The number of aromatic nitrogens is 2. The molecule has 6 N–H and O–H groups in total. The number of hydrogen-bond donors (Lipinski definition) is 4. The molecule has 1 atom stereocenters. The minimum absolute atomic E-state index is 0.0686. The zero-order valence-electron chi connectivity index (χ0n) is 16.4. The van der Waals surface area contributed by atoms with Crippen LogP contribution in [0.5, 0.6) is 0 Å². The molecule has 8 nitrogen and oxygen atoms in total. The number of carbonyl (C=O) groups is 2. The molecule has 153 valence electrons. The molecule has 0 saturated carbocycles. The first-order valence-electron chi connectivity index (χ1n) is 9.27. The van der Waals surface area contributed by atoms with Crippen LogP contribution >= 0.6 is 0 Å². The Morgan fingerprint density at radius 3 is 2.60 bits per heavy atom. The maximum atomic E-state index is 12.6. The van der Waals surface area contributed by atoms with Gasteiger partial charge in [-0.3, -0.25) is 0 Å². The van der Waals surface area contributed by atoms with Gasteiger partial charge in [0.2, 0.25) is 0 Å². The summed E-state index contributed by atoms with van der Waals surface area (Å²) in [4.78, 5) is 33.0. The van der Waals surface area contributed by atoms with Gasteiger partial charge in [0, 0.05) is 0 Å². The number of hydrogen-bond acceptors (Lipinski definition) is 6. The molecule has 0 aliphatic rings. The molecular weight excluding hydrogens is 443 g/mol. The Hall–Kier alpha value is -3.22. The number of nitrogens with one attached hydrogen (secondary N) is 2. The van der Waals surface area contributed by atoms with Gasteiger partial charge in [0.25, 0.3) is 0 Å². The third-order valence-electron chi connectivity index (χ3n) is 3.99. The SMILES string of the molecule is CC(N)CNc1ncc(C(N)=O)c([As]c2cccc(C(=O)Nc3ccccc3)c2)n1. The van der Waals surface area contributed by atoms with E-state index in [-0.39, 0.29) is 17.5 Å². The summed E-state index contributed by atoms with van der Waals surface area (Å²) in [6.07, 6.45) is 1.43. The first kappa shape index (κ1) is 21.5. The van der Waals surface area contributed by atoms with Gasteiger partial charge in [-0.15, -0.1) is 0 Å². The zero-order chi connectivity index (χ0) is 21.5. The summed E-state index contributed by atoms with van der Waals surface area (Å²) < 4.78 is 1.48. The van der Waals surface area contributed by atoms with Crippen molar-refractivity contribution in [2.45, 2.75) is 13.0 Å². The number of amides is 2. The van der Waals surface area contributed by atoms with Gasteiger partial charge in [-0.25, -0.2) is 0 Å². The number of nitrogens with two attached hydrogens (primary N) is 2. The van der Waals surface area contributed by atoms with Crippen LogP contribution in [0.15, 0.2) is 60.8 Å². The molecule has 0 aliphatic heterocycles. The topological polar surface area (TPSA) is 136 Å². The molecule has 1 radical (unpaired) electrons.